The fourth-order valence-corrected chi connectivity index (χ4v) is 1.79. The number of aldehydes is 1. The minimum Gasteiger partial charge on any atom is -0.322 e. The van der Waals surface area contributed by atoms with Crippen LogP contribution in [0, 0.1) is 17.0 Å². The van der Waals surface area contributed by atoms with Crippen molar-refractivity contribution in [2.45, 2.75) is 6.92 Å². The van der Waals surface area contributed by atoms with Crippen molar-refractivity contribution in [2.24, 2.45) is 0 Å². The lowest BCUT2D eigenvalue weighted by Gasteiger charge is -2.06. The second-order valence-electron chi connectivity index (χ2n) is 4.47. The molecule has 21 heavy (non-hydrogen) atoms. The SMILES string of the molecule is Cc1ccc(C(=O)Nc2ccc(C=O)c([N+](=O)[O-])c2)cc1. The minimum absolute atomic E-state index is 0.0339. The quantitative estimate of drug-likeness (QED) is 0.531. The third-order valence-electron chi connectivity index (χ3n) is 2.93. The van der Waals surface area contributed by atoms with E-state index in [1.807, 2.05) is 6.92 Å². The van der Waals surface area contributed by atoms with Gasteiger partial charge in [-0.05, 0) is 31.2 Å². The predicted molar refractivity (Wildman–Crippen MR) is 77.6 cm³/mol. The molecular formula is C15H12N2O4. The average Bonchev–Trinajstić information content (AvgIpc) is 2.47. The second kappa shape index (κ2) is 5.96. The Morgan fingerprint density at radius 1 is 1.19 bits per heavy atom. The van der Waals surface area contributed by atoms with Crippen LogP contribution < -0.4 is 5.32 Å². The molecule has 0 aliphatic carbocycles. The van der Waals surface area contributed by atoms with E-state index in [1.165, 1.54) is 12.1 Å². The molecule has 0 saturated carbocycles. The first-order chi connectivity index (χ1) is 10.0. The van der Waals surface area contributed by atoms with E-state index in [0.29, 0.717) is 11.8 Å². The Bertz CT molecular complexity index is 708. The Balaban J connectivity index is 2.25. The Hall–Kier alpha value is -3.02. The summed E-state index contributed by atoms with van der Waals surface area (Å²) in [5.74, 6) is -0.372. The van der Waals surface area contributed by atoms with Crippen LogP contribution in [0.2, 0.25) is 0 Å². The second-order valence-corrected chi connectivity index (χ2v) is 4.47. The third kappa shape index (κ3) is 3.30. The molecule has 2 rings (SSSR count). The van der Waals surface area contributed by atoms with Crippen molar-refractivity contribution in [1.82, 2.24) is 0 Å². The van der Waals surface area contributed by atoms with Gasteiger partial charge in [0.25, 0.3) is 11.6 Å². The maximum atomic E-state index is 12.0. The van der Waals surface area contributed by atoms with Crippen LogP contribution in [0.4, 0.5) is 11.4 Å². The number of amides is 1. The third-order valence-corrected chi connectivity index (χ3v) is 2.93. The highest BCUT2D eigenvalue weighted by atomic mass is 16.6. The van der Waals surface area contributed by atoms with Crippen LogP contribution in [0.3, 0.4) is 0 Å². The molecule has 0 unspecified atom stereocenters. The van der Waals surface area contributed by atoms with Crippen molar-refractivity contribution in [1.29, 1.82) is 0 Å². The number of nitro groups is 1. The first kappa shape index (κ1) is 14.4. The molecule has 0 bridgehead atoms. The maximum Gasteiger partial charge on any atom is 0.281 e. The van der Waals surface area contributed by atoms with E-state index in [4.69, 9.17) is 0 Å². The number of hydrogen-bond donors (Lipinski definition) is 1. The van der Waals surface area contributed by atoms with Gasteiger partial charge in [-0.25, -0.2) is 0 Å². The summed E-state index contributed by atoms with van der Waals surface area (Å²) >= 11 is 0. The monoisotopic (exact) mass is 284 g/mol. The molecule has 0 aliphatic rings. The van der Waals surface area contributed by atoms with Gasteiger partial charge in [0.1, 0.15) is 0 Å². The fraction of sp³-hybridized carbons (Fsp3) is 0.0667. The molecule has 1 N–H and O–H groups in total. The summed E-state index contributed by atoms with van der Waals surface area (Å²) in [4.78, 5) is 32.9. The smallest absolute Gasteiger partial charge is 0.281 e. The van der Waals surface area contributed by atoms with Crippen LogP contribution in [0.25, 0.3) is 0 Å². The van der Waals surface area contributed by atoms with Crippen molar-refractivity contribution in [3.63, 3.8) is 0 Å². The molecule has 0 fully saturated rings. The Kier molecular flexibility index (Phi) is 4.08. The molecule has 2 aromatic rings. The molecule has 6 nitrogen and oxygen atoms in total. The summed E-state index contributed by atoms with van der Waals surface area (Å²) < 4.78 is 0. The number of nitrogens with one attached hydrogen (secondary N) is 1. The highest BCUT2D eigenvalue weighted by Crippen LogP contribution is 2.22. The van der Waals surface area contributed by atoms with Gasteiger partial charge in [-0.3, -0.25) is 19.7 Å². The van der Waals surface area contributed by atoms with Crippen LogP contribution in [-0.2, 0) is 0 Å². The van der Waals surface area contributed by atoms with Crippen LogP contribution >= 0.6 is 0 Å². The molecule has 0 radical (unpaired) electrons. The Morgan fingerprint density at radius 3 is 2.43 bits per heavy atom. The van der Waals surface area contributed by atoms with Crippen LogP contribution in [0.5, 0.6) is 0 Å². The van der Waals surface area contributed by atoms with Gasteiger partial charge in [0, 0.05) is 17.3 Å². The zero-order valence-corrected chi connectivity index (χ0v) is 11.2. The average molecular weight is 284 g/mol. The molecule has 0 aliphatic heterocycles. The zero-order valence-electron chi connectivity index (χ0n) is 11.2. The molecule has 0 spiro atoms. The topological polar surface area (TPSA) is 89.3 Å². The largest absolute Gasteiger partial charge is 0.322 e. The summed E-state index contributed by atoms with van der Waals surface area (Å²) in [6.07, 6.45) is 0.406. The number of nitro benzene ring substituents is 1. The molecule has 0 heterocycles. The van der Waals surface area contributed by atoms with Crippen LogP contribution in [0.1, 0.15) is 26.3 Å². The number of nitrogens with zero attached hydrogens (tertiary/aromatic N) is 1. The Labute approximate surface area is 120 Å². The van der Waals surface area contributed by atoms with Gasteiger partial charge < -0.3 is 5.32 Å². The van der Waals surface area contributed by atoms with E-state index in [2.05, 4.69) is 5.32 Å². The standard InChI is InChI=1S/C15H12N2O4/c1-10-2-4-11(5-3-10)15(19)16-13-7-6-12(9-18)14(8-13)17(20)21/h2-9H,1H3,(H,16,19). The van der Waals surface area contributed by atoms with Crippen molar-refractivity contribution < 1.29 is 14.5 Å². The Morgan fingerprint density at radius 2 is 1.86 bits per heavy atom. The summed E-state index contributed by atoms with van der Waals surface area (Å²) in [7, 11) is 0. The van der Waals surface area contributed by atoms with Gasteiger partial charge >= 0.3 is 0 Å². The first-order valence-corrected chi connectivity index (χ1v) is 6.13. The van der Waals surface area contributed by atoms with Crippen molar-refractivity contribution >= 4 is 23.6 Å². The lowest BCUT2D eigenvalue weighted by atomic mass is 10.1. The molecular weight excluding hydrogens is 272 g/mol. The van der Waals surface area contributed by atoms with Gasteiger partial charge in [0.05, 0.1) is 10.5 Å². The number of hydrogen-bond acceptors (Lipinski definition) is 4. The van der Waals surface area contributed by atoms with Gasteiger partial charge in [-0.2, -0.15) is 0 Å². The summed E-state index contributed by atoms with van der Waals surface area (Å²) in [5.41, 5.74) is 1.36. The van der Waals surface area contributed by atoms with Crippen LogP contribution in [-0.4, -0.2) is 17.1 Å². The van der Waals surface area contributed by atoms with E-state index in [9.17, 15) is 19.7 Å². The van der Waals surface area contributed by atoms with Gasteiger partial charge in [0.2, 0.25) is 0 Å². The molecule has 0 saturated heterocycles. The van der Waals surface area contributed by atoms with E-state index in [-0.39, 0.29) is 22.8 Å². The number of anilines is 1. The van der Waals surface area contributed by atoms with Crippen molar-refractivity contribution in [3.05, 3.63) is 69.3 Å². The lowest BCUT2D eigenvalue weighted by molar-refractivity contribution is -0.385. The number of carbonyl (C=O) groups excluding carboxylic acids is 2. The van der Waals surface area contributed by atoms with E-state index in [1.54, 1.807) is 24.3 Å². The van der Waals surface area contributed by atoms with Gasteiger partial charge in [0.15, 0.2) is 6.29 Å². The number of rotatable bonds is 4. The molecule has 0 aromatic heterocycles. The molecule has 1 amide bonds. The summed E-state index contributed by atoms with van der Waals surface area (Å²) in [5, 5.41) is 13.4. The van der Waals surface area contributed by atoms with E-state index >= 15 is 0 Å². The van der Waals surface area contributed by atoms with Crippen LogP contribution in [0.15, 0.2) is 42.5 Å². The molecule has 6 heteroatoms. The highest BCUT2D eigenvalue weighted by Gasteiger charge is 2.15. The van der Waals surface area contributed by atoms with E-state index < -0.39 is 4.92 Å². The lowest BCUT2D eigenvalue weighted by Crippen LogP contribution is -2.12. The number of aryl methyl sites for hydroxylation is 1. The van der Waals surface area contributed by atoms with E-state index in [0.717, 1.165) is 11.6 Å². The number of carbonyl (C=O) groups is 2. The maximum absolute atomic E-state index is 12.0. The zero-order chi connectivity index (χ0) is 15.4. The fourth-order valence-electron chi connectivity index (χ4n) is 1.79. The molecule has 0 atom stereocenters. The summed E-state index contributed by atoms with van der Waals surface area (Å²) in [6.45, 7) is 1.91. The highest BCUT2D eigenvalue weighted by molar-refractivity contribution is 6.04. The van der Waals surface area contributed by atoms with Gasteiger partial charge in [-0.1, -0.05) is 17.7 Å². The van der Waals surface area contributed by atoms with Crippen molar-refractivity contribution in [2.75, 3.05) is 5.32 Å². The van der Waals surface area contributed by atoms with Gasteiger partial charge in [-0.15, -0.1) is 0 Å². The molecule has 2 aromatic carbocycles. The predicted octanol–water partition coefficient (Wildman–Crippen LogP) is 2.97. The summed E-state index contributed by atoms with van der Waals surface area (Å²) in [6, 6.07) is 10.8. The van der Waals surface area contributed by atoms with Crippen molar-refractivity contribution in [3.8, 4) is 0 Å². The molecule has 106 valence electrons. The number of benzene rings is 2. The normalized spacial score (nSPS) is 9.95. The first-order valence-electron chi connectivity index (χ1n) is 6.13. The minimum atomic E-state index is -0.661.